The third kappa shape index (κ3) is 5.81. The average molecular weight is 558 g/mol. The molecule has 1 aromatic rings. The second-order valence-corrected chi connectivity index (χ2v) is 12.7. The smallest absolute Gasteiger partial charge is 0.225 e. The fraction of sp³-hybridized carbons (Fsp3) is 0.643. The van der Waals surface area contributed by atoms with Gasteiger partial charge in [0.25, 0.3) is 0 Å². The maximum Gasteiger partial charge on any atom is 0.225 e. The van der Waals surface area contributed by atoms with Crippen molar-refractivity contribution in [3.8, 4) is 0 Å². The highest BCUT2D eigenvalue weighted by Crippen LogP contribution is 2.35. The standard InChI is InChI=1S/C28H40ClN7OS/c1-2-32-15-17-33(18-16-32)19-21-7-11-34(12-8-21)26(37)23-9-13-35(14-10-23)28-31-36-20-25(30-27(36)38-28)22-3-5-24(29)6-4-22/h3-6,20-21,23,27,30H,2,7-19H2,1H3. The summed E-state index contributed by atoms with van der Waals surface area (Å²) in [5.41, 5.74) is 2.26. The van der Waals surface area contributed by atoms with Gasteiger partial charge in [-0.15, -0.1) is 5.10 Å². The van der Waals surface area contributed by atoms with E-state index in [0.29, 0.717) is 5.91 Å². The van der Waals surface area contributed by atoms with Gasteiger partial charge in [-0.1, -0.05) is 30.7 Å². The molecule has 5 aliphatic rings. The number of thioether (sulfide) groups is 1. The van der Waals surface area contributed by atoms with Crippen LogP contribution in [0.4, 0.5) is 0 Å². The van der Waals surface area contributed by atoms with E-state index in [2.05, 4.69) is 38.0 Å². The number of rotatable bonds is 5. The summed E-state index contributed by atoms with van der Waals surface area (Å²) < 4.78 is 0. The summed E-state index contributed by atoms with van der Waals surface area (Å²) >= 11 is 7.78. The third-order valence-electron chi connectivity index (χ3n) is 8.82. The molecule has 3 saturated heterocycles. The van der Waals surface area contributed by atoms with Crippen LogP contribution in [0.5, 0.6) is 0 Å². The van der Waals surface area contributed by atoms with Crippen molar-refractivity contribution in [3.63, 3.8) is 0 Å². The van der Waals surface area contributed by atoms with Gasteiger partial charge in [0, 0.05) is 69.8 Å². The number of benzene rings is 1. The number of hydrazone groups is 1. The van der Waals surface area contributed by atoms with E-state index >= 15 is 0 Å². The normalized spacial score (nSPS) is 25.8. The predicted molar refractivity (Wildman–Crippen MR) is 155 cm³/mol. The monoisotopic (exact) mass is 557 g/mol. The van der Waals surface area contributed by atoms with Crippen LogP contribution in [0.25, 0.3) is 5.70 Å². The minimum absolute atomic E-state index is 0.0897. The maximum atomic E-state index is 13.3. The van der Waals surface area contributed by atoms with E-state index < -0.39 is 0 Å². The van der Waals surface area contributed by atoms with Crippen LogP contribution in [0, 0.1) is 11.8 Å². The first-order valence-corrected chi connectivity index (χ1v) is 15.6. The quantitative estimate of drug-likeness (QED) is 0.595. The Morgan fingerprint density at radius 3 is 2.32 bits per heavy atom. The molecule has 3 fully saturated rings. The van der Waals surface area contributed by atoms with Crippen molar-refractivity contribution in [2.75, 3.05) is 65.4 Å². The van der Waals surface area contributed by atoms with Gasteiger partial charge in [-0.3, -0.25) is 4.79 Å². The van der Waals surface area contributed by atoms with Crippen molar-refractivity contribution in [2.24, 2.45) is 16.9 Å². The first kappa shape index (κ1) is 26.3. The van der Waals surface area contributed by atoms with Crippen molar-refractivity contribution in [1.82, 2.24) is 29.9 Å². The van der Waals surface area contributed by atoms with Crippen LogP contribution >= 0.6 is 23.4 Å². The lowest BCUT2D eigenvalue weighted by Crippen LogP contribution is -2.50. The molecule has 1 unspecified atom stereocenters. The summed E-state index contributed by atoms with van der Waals surface area (Å²) in [6.07, 6.45) is 6.22. The van der Waals surface area contributed by atoms with Crippen molar-refractivity contribution in [1.29, 1.82) is 0 Å². The highest BCUT2D eigenvalue weighted by Gasteiger charge is 2.37. The SMILES string of the molecule is CCN1CCN(CC2CCN(C(=O)C3CCN(C4=NN5C=C(c6ccc(Cl)cc6)NC5S4)CC3)CC2)CC1. The van der Waals surface area contributed by atoms with Gasteiger partial charge in [0.1, 0.15) is 0 Å². The minimum atomic E-state index is 0.0897. The average Bonchev–Trinajstić information content (AvgIpc) is 3.54. The van der Waals surface area contributed by atoms with Crippen LogP contribution in [0.2, 0.25) is 5.02 Å². The van der Waals surface area contributed by atoms with E-state index in [-0.39, 0.29) is 11.4 Å². The number of fused-ring (bicyclic) bond motifs is 1. The Balaban J connectivity index is 0.940. The highest BCUT2D eigenvalue weighted by molar-refractivity contribution is 8.14. The Labute approximate surface area is 236 Å². The van der Waals surface area contributed by atoms with Crippen molar-refractivity contribution in [3.05, 3.63) is 41.1 Å². The zero-order chi connectivity index (χ0) is 26.1. The van der Waals surface area contributed by atoms with Crippen molar-refractivity contribution < 1.29 is 4.79 Å². The molecule has 0 spiro atoms. The predicted octanol–water partition coefficient (Wildman–Crippen LogP) is 3.43. The Morgan fingerprint density at radius 2 is 1.66 bits per heavy atom. The summed E-state index contributed by atoms with van der Waals surface area (Å²) in [5.74, 6) is 1.29. The molecule has 0 bridgehead atoms. The van der Waals surface area contributed by atoms with Crippen LogP contribution in [-0.4, -0.2) is 107 Å². The number of piperazine rings is 1. The van der Waals surface area contributed by atoms with Gasteiger partial charge in [-0.05, 0) is 67.6 Å². The van der Waals surface area contributed by atoms with E-state index in [4.69, 9.17) is 16.7 Å². The maximum absolute atomic E-state index is 13.3. The van der Waals surface area contributed by atoms with Gasteiger partial charge in [0.2, 0.25) is 5.91 Å². The molecule has 10 heteroatoms. The summed E-state index contributed by atoms with van der Waals surface area (Å²) in [4.78, 5) is 23.0. The molecule has 5 aliphatic heterocycles. The van der Waals surface area contributed by atoms with E-state index in [0.717, 1.165) is 79.2 Å². The number of hydrogen-bond acceptors (Lipinski definition) is 8. The van der Waals surface area contributed by atoms with E-state index in [1.807, 2.05) is 29.3 Å². The molecule has 6 rings (SSSR count). The summed E-state index contributed by atoms with van der Waals surface area (Å²) in [6.45, 7) is 13.1. The Bertz CT molecular complexity index is 1040. The lowest BCUT2D eigenvalue weighted by molar-refractivity contribution is -0.138. The number of amidine groups is 1. The molecule has 0 aromatic heterocycles. The molecule has 1 aromatic carbocycles. The molecule has 0 radical (unpaired) electrons. The number of halogens is 1. The van der Waals surface area contributed by atoms with E-state index in [1.54, 1.807) is 11.8 Å². The van der Waals surface area contributed by atoms with Crippen LogP contribution in [-0.2, 0) is 4.79 Å². The van der Waals surface area contributed by atoms with Gasteiger partial charge < -0.3 is 24.9 Å². The topological polar surface area (TPSA) is 57.7 Å². The molecule has 1 N–H and O–H groups in total. The number of carbonyl (C=O) groups excluding carboxylic acids is 1. The van der Waals surface area contributed by atoms with Crippen molar-refractivity contribution in [2.45, 2.75) is 38.1 Å². The molecule has 38 heavy (non-hydrogen) atoms. The second-order valence-electron chi connectivity index (χ2n) is 11.2. The summed E-state index contributed by atoms with van der Waals surface area (Å²) in [7, 11) is 0. The summed E-state index contributed by atoms with van der Waals surface area (Å²) in [5, 5.41) is 12.2. The molecule has 1 atom stereocenters. The number of piperidine rings is 2. The van der Waals surface area contributed by atoms with Crippen molar-refractivity contribution >= 4 is 40.1 Å². The first-order valence-electron chi connectivity index (χ1n) is 14.3. The van der Waals surface area contributed by atoms with Crippen LogP contribution < -0.4 is 5.32 Å². The van der Waals surface area contributed by atoms with Crippen LogP contribution in [0.1, 0.15) is 38.2 Å². The molecular weight excluding hydrogens is 518 g/mol. The third-order valence-corrected chi connectivity index (χ3v) is 10.2. The molecule has 8 nitrogen and oxygen atoms in total. The lowest BCUT2D eigenvalue weighted by Gasteiger charge is -2.40. The molecular formula is C28H40ClN7OS. The zero-order valence-electron chi connectivity index (χ0n) is 22.4. The number of amides is 1. The molecule has 0 aliphatic carbocycles. The Morgan fingerprint density at radius 1 is 0.974 bits per heavy atom. The number of likely N-dealkylation sites (N-methyl/N-ethyl adjacent to an activating group) is 1. The Kier molecular flexibility index (Phi) is 8.07. The molecule has 1 amide bonds. The fourth-order valence-electron chi connectivity index (χ4n) is 6.31. The van der Waals surface area contributed by atoms with E-state index in [9.17, 15) is 4.79 Å². The molecule has 0 saturated carbocycles. The fourth-order valence-corrected chi connectivity index (χ4v) is 7.51. The molecule has 206 valence electrons. The largest absolute Gasteiger partial charge is 0.353 e. The van der Waals surface area contributed by atoms with Gasteiger partial charge in [-0.2, -0.15) is 0 Å². The second kappa shape index (κ2) is 11.7. The number of carbonyl (C=O) groups is 1. The minimum Gasteiger partial charge on any atom is -0.353 e. The summed E-state index contributed by atoms with van der Waals surface area (Å²) in [6, 6.07) is 7.87. The van der Waals surface area contributed by atoms with Gasteiger partial charge in [-0.25, -0.2) is 5.01 Å². The van der Waals surface area contributed by atoms with Gasteiger partial charge in [0.05, 0.1) is 11.9 Å². The van der Waals surface area contributed by atoms with E-state index in [1.165, 1.54) is 39.3 Å². The highest BCUT2D eigenvalue weighted by atomic mass is 35.5. The first-order chi connectivity index (χ1) is 18.6. The van der Waals surface area contributed by atoms with Gasteiger partial charge in [0.15, 0.2) is 10.7 Å². The van der Waals surface area contributed by atoms with Crippen LogP contribution in [0.3, 0.4) is 0 Å². The zero-order valence-corrected chi connectivity index (χ0v) is 24.0. The Hall–Kier alpha value is -1.94. The number of nitrogens with one attached hydrogen (secondary N) is 1. The van der Waals surface area contributed by atoms with Crippen LogP contribution in [0.15, 0.2) is 35.6 Å². The molecule has 5 heterocycles. The number of hydrogen-bond donors (Lipinski definition) is 1. The number of likely N-dealkylation sites (tertiary alicyclic amines) is 2. The van der Waals surface area contributed by atoms with Gasteiger partial charge >= 0.3 is 0 Å². The number of nitrogens with zero attached hydrogens (tertiary/aromatic N) is 6. The lowest BCUT2D eigenvalue weighted by atomic mass is 9.92.